The summed E-state index contributed by atoms with van der Waals surface area (Å²) in [5.41, 5.74) is 0.192. The Balaban J connectivity index is 1.31. The maximum atomic E-state index is 13.5. The highest BCUT2D eigenvalue weighted by Crippen LogP contribution is 2.48. The highest BCUT2D eigenvalue weighted by molar-refractivity contribution is 7.90. The summed E-state index contributed by atoms with van der Waals surface area (Å²) in [6.07, 6.45) is 7.78. The van der Waals surface area contributed by atoms with Crippen molar-refractivity contribution in [3.05, 3.63) is 30.0 Å². The third kappa shape index (κ3) is 5.23. The first-order valence-electron chi connectivity index (χ1n) is 14.3. The van der Waals surface area contributed by atoms with Gasteiger partial charge in [-0.2, -0.15) is 13.5 Å². The topological polar surface area (TPSA) is 127 Å². The Morgan fingerprint density at radius 2 is 1.90 bits per heavy atom. The molecule has 0 spiro atoms. The molecule has 2 saturated heterocycles. The molecule has 216 valence electrons. The molecule has 2 atom stereocenters. The van der Waals surface area contributed by atoms with E-state index in [0.717, 1.165) is 25.7 Å². The van der Waals surface area contributed by atoms with Crippen molar-refractivity contribution in [2.75, 3.05) is 29.5 Å². The fourth-order valence-corrected chi connectivity index (χ4v) is 7.16. The summed E-state index contributed by atoms with van der Waals surface area (Å²) >= 11 is 0. The highest BCUT2D eigenvalue weighted by Gasteiger charge is 2.42. The minimum absolute atomic E-state index is 0.129. The van der Waals surface area contributed by atoms with Gasteiger partial charge in [0.05, 0.1) is 5.56 Å². The van der Waals surface area contributed by atoms with E-state index in [1.807, 2.05) is 0 Å². The van der Waals surface area contributed by atoms with Gasteiger partial charge in [0, 0.05) is 44.4 Å². The molecule has 0 radical (unpaired) electrons. The molecule has 2 aromatic heterocycles. The van der Waals surface area contributed by atoms with Gasteiger partial charge in [-0.1, -0.05) is 6.92 Å². The molecular formula is C28H38N6O5S. The second-order valence-corrected chi connectivity index (χ2v) is 14.4. The van der Waals surface area contributed by atoms with Crippen LogP contribution in [-0.2, 0) is 26.1 Å². The third-order valence-electron chi connectivity index (χ3n) is 9.00. The lowest BCUT2D eigenvalue weighted by atomic mass is 9.93. The molecule has 2 amide bonds. The van der Waals surface area contributed by atoms with Crippen molar-refractivity contribution in [1.29, 1.82) is 0 Å². The van der Waals surface area contributed by atoms with Crippen LogP contribution in [0.15, 0.2) is 29.4 Å². The molecule has 2 unspecified atom stereocenters. The lowest BCUT2D eigenvalue weighted by Gasteiger charge is -2.34. The van der Waals surface area contributed by atoms with E-state index >= 15 is 0 Å². The van der Waals surface area contributed by atoms with E-state index in [9.17, 15) is 18.0 Å². The van der Waals surface area contributed by atoms with Crippen molar-refractivity contribution >= 4 is 33.5 Å². The van der Waals surface area contributed by atoms with Gasteiger partial charge < -0.3 is 9.64 Å². The summed E-state index contributed by atoms with van der Waals surface area (Å²) in [6, 6.07) is 4.60. The summed E-state index contributed by atoms with van der Waals surface area (Å²) in [7, 11) is -4.18. The van der Waals surface area contributed by atoms with E-state index in [1.54, 1.807) is 27.9 Å². The summed E-state index contributed by atoms with van der Waals surface area (Å²) in [6.45, 7) is 8.79. The Labute approximate surface area is 235 Å². The summed E-state index contributed by atoms with van der Waals surface area (Å²) in [4.78, 5) is 35.3. The van der Waals surface area contributed by atoms with Crippen LogP contribution in [0.2, 0.25) is 0 Å². The number of nitrogens with one attached hydrogen (secondary N) is 1. The number of fused-ring (bicyclic) bond motifs is 6. The number of anilines is 2. The number of ether oxygens (including phenoxy) is 1. The lowest BCUT2D eigenvalue weighted by Crippen LogP contribution is -2.41. The van der Waals surface area contributed by atoms with Crippen molar-refractivity contribution in [2.24, 2.45) is 11.3 Å². The summed E-state index contributed by atoms with van der Waals surface area (Å²) < 4.78 is 35.8. The van der Waals surface area contributed by atoms with Crippen molar-refractivity contribution in [3.8, 4) is 0 Å². The van der Waals surface area contributed by atoms with Gasteiger partial charge in [0.15, 0.2) is 5.03 Å². The van der Waals surface area contributed by atoms with Crippen LogP contribution in [0.3, 0.4) is 0 Å². The molecule has 1 N–H and O–H groups in total. The Morgan fingerprint density at radius 1 is 1.10 bits per heavy atom. The van der Waals surface area contributed by atoms with Gasteiger partial charge in [-0.25, -0.2) is 9.71 Å². The number of hydrogen-bond acceptors (Lipinski definition) is 8. The van der Waals surface area contributed by atoms with E-state index in [0.29, 0.717) is 55.6 Å². The van der Waals surface area contributed by atoms with Crippen molar-refractivity contribution in [1.82, 2.24) is 19.5 Å². The second-order valence-electron chi connectivity index (χ2n) is 12.7. The van der Waals surface area contributed by atoms with Crippen LogP contribution < -0.4 is 14.5 Å². The number of aromatic nitrogens is 3. The largest absolute Gasteiger partial charge is 0.368 e. The zero-order valence-corrected chi connectivity index (χ0v) is 24.2. The quantitative estimate of drug-likeness (QED) is 0.581. The number of aryl methyl sites for hydroxylation is 1. The molecule has 12 heteroatoms. The van der Waals surface area contributed by atoms with E-state index in [1.165, 1.54) is 18.9 Å². The van der Waals surface area contributed by atoms with Crippen LogP contribution in [0.4, 0.5) is 11.6 Å². The number of carbonyl (C=O) groups is 2. The van der Waals surface area contributed by atoms with Gasteiger partial charge in [-0.05, 0) is 81.9 Å². The standard InChI is InChI=1S/C28H38N6O5S/c1-27(2)17-19-5-4-13-32-14-9-23(30-32)40(37,38)31-25(35)20-6-7-22(29-24(20)34(27)18-19)33-15-8-21(26(33)36)39-16-12-28(3)10-11-28/h6-7,9,14,19,21H,4-5,8,10-13,15-18H2,1-3H3,(H,31,35). The van der Waals surface area contributed by atoms with E-state index < -0.39 is 22.0 Å². The fourth-order valence-electron chi connectivity index (χ4n) is 6.25. The first-order valence-corrected chi connectivity index (χ1v) is 15.7. The van der Waals surface area contributed by atoms with Crippen molar-refractivity contribution in [2.45, 2.75) is 88.9 Å². The van der Waals surface area contributed by atoms with Gasteiger partial charge in [-0.15, -0.1) is 0 Å². The van der Waals surface area contributed by atoms with Crippen LogP contribution >= 0.6 is 0 Å². The summed E-state index contributed by atoms with van der Waals surface area (Å²) in [5, 5.41) is 3.99. The average molecular weight is 571 g/mol. The highest BCUT2D eigenvalue weighted by atomic mass is 32.2. The number of pyridine rings is 1. The molecule has 1 aliphatic carbocycles. The second kappa shape index (κ2) is 9.83. The van der Waals surface area contributed by atoms with Crippen LogP contribution in [0.1, 0.15) is 76.1 Å². The lowest BCUT2D eigenvalue weighted by molar-refractivity contribution is -0.127. The van der Waals surface area contributed by atoms with Gasteiger partial charge in [0.1, 0.15) is 17.7 Å². The van der Waals surface area contributed by atoms with Gasteiger partial charge in [-0.3, -0.25) is 19.2 Å². The van der Waals surface area contributed by atoms with Crippen LogP contribution in [0.25, 0.3) is 0 Å². The smallest absolute Gasteiger partial charge is 0.283 e. The molecule has 4 bridgehead atoms. The SMILES string of the molecule is CC1(CCOC2CCN(c3ccc4c(n3)N3CC(CCCn5ccc(n5)S(=O)(=O)NC4=O)CC3(C)C)C2=O)CC1. The fraction of sp³-hybridized carbons (Fsp3) is 0.643. The van der Waals surface area contributed by atoms with Gasteiger partial charge in [0.2, 0.25) is 0 Å². The van der Waals surface area contributed by atoms with Crippen molar-refractivity contribution in [3.63, 3.8) is 0 Å². The number of carbonyl (C=O) groups excluding carboxylic acids is 2. The minimum Gasteiger partial charge on any atom is -0.368 e. The van der Waals surface area contributed by atoms with Gasteiger partial charge in [0.25, 0.3) is 21.8 Å². The van der Waals surface area contributed by atoms with E-state index in [2.05, 4.69) is 35.5 Å². The molecule has 11 nitrogen and oxygen atoms in total. The van der Waals surface area contributed by atoms with Gasteiger partial charge >= 0.3 is 0 Å². The number of nitrogens with zero attached hydrogens (tertiary/aromatic N) is 5. The van der Waals surface area contributed by atoms with E-state index in [-0.39, 0.29) is 22.0 Å². The Kier molecular flexibility index (Phi) is 6.68. The van der Waals surface area contributed by atoms with Crippen LogP contribution in [-0.4, -0.2) is 66.3 Å². The minimum atomic E-state index is -4.18. The van der Waals surface area contributed by atoms with Crippen molar-refractivity contribution < 1.29 is 22.7 Å². The number of rotatable bonds is 5. The first kappa shape index (κ1) is 27.2. The molecule has 4 aliphatic rings. The Bertz CT molecular complexity index is 1430. The third-order valence-corrected chi connectivity index (χ3v) is 10.2. The molecule has 3 fully saturated rings. The number of sulfonamides is 1. The molecule has 3 aliphatic heterocycles. The number of amides is 2. The molecule has 2 aromatic rings. The molecule has 5 heterocycles. The monoisotopic (exact) mass is 570 g/mol. The van der Waals surface area contributed by atoms with E-state index in [4.69, 9.17) is 9.72 Å². The predicted molar refractivity (Wildman–Crippen MR) is 149 cm³/mol. The van der Waals surface area contributed by atoms with Crippen LogP contribution in [0.5, 0.6) is 0 Å². The normalized spacial score (nSPS) is 26.8. The zero-order chi connectivity index (χ0) is 28.3. The van der Waals surface area contributed by atoms with Crippen LogP contribution in [0, 0.1) is 11.3 Å². The molecule has 40 heavy (non-hydrogen) atoms. The molecule has 0 aromatic carbocycles. The molecule has 6 rings (SSSR count). The Morgan fingerprint density at radius 3 is 2.67 bits per heavy atom. The average Bonchev–Trinajstić information content (AvgIpc) is 3.20. The maximum absolute atomic E-state index is 13.5. The zero-order valence-electron chi connectivity index (χ0n) is 23.4. The Hall–Kier alpha value is -2.99. The number of hydrogen-bond donors (Lipinski definition) is 1. The molecular weight excluding hydrogens is 532 g/mol. The summed E-state index contributed by atoms with van der Waals surface area (Å²) in [5.74, 6) is 0.299. The molecule has 1 saturated carbocycles. The maximum Gasteiger partial charge on any atom is 0.283 e. The first-order chi connectivity index (χ1) is 18.9. The predicted octanol–water partition coefficient (Wildman–Crippen LogP) is 3.11.